The van der Waals surface area contributed by atoms with E-state index in [1.165, 1.54) is 50.3 Å². The minimum atomic E-state index is 0.804. The van der Waals surface area contributed by atoms with E-state index >= 15 is 0 Å². The van der Waals surface area contributed by atoms with Gasteiger partial charge in [-0.15, -0.1) is 0 Å². The lowest BCUT2D eigenvalue weighted by atomic mass is 10.00. The molecule has 3 rings (SSSR count). The highest BCUT2D eigenvalue weighted by molar-refractivity contribution is 5.48. The van der Waals surface area contributed by atoms with Crippen LogP contribution >= 0.6 is 0 Å². The first-order valence-electron chi connectivity index (χ1n) is 8.75. The van der Waals surface area contributed by atoms with Gasteiger partial charge in [0.05, 0.1) is 0 Å². The molecule has 0 aromatic heterocycles. The van der Waals surface area contributed by atoms with Gasteiger partial charge in [-0.1, -0.05) is 12.1 Å². The molecule has 1 unspecified atom stereocenters. The van der Waals surface area contributed by atoms with Gasteiger partial charge in [-0.05, 0) is 63.1 Å². The van der Waals surface area contributed by atoms with Crippen molar-refractivity contribution in [2.24, 2.45) is 5.92 Å². The van der Waals surface area contributed by atoms with Gasteiger partial charge < -0.3 is 20.4 Å². The van der Waals surface area contributed by atoms with Crippen LogP contribution in [0, 0.1) is 5.92 Å². The highest BCUT2D eigenvalue weighted by atomic mass is 15.2. The van der Waals surface area contributed by atoms with Crippen LogP contribution in [0.4, 0.5) is 5.69 Å². The summed E-state index contributed by atoms with van der Waals surface area (Å²) in [6.45, 7) is 9.11. The summed E-state index contributed by atoms with van der Waals surface area (Å²) in [7, 11) is 2.20. The summed E-state index contributed by atoms with van der Waals surface area (Å²) in [5, 5.41) is 7.10. The zero-order valence-corrected chi connectivity index (χ0v) is 13.9. The van der Waals surface area contributed by atoms with Crippen molar-refractivity contribution in [1.29, 1.82) is 0 Å². The van der Waals surface area contributed by atoms with Gasteiger partial charge in [-0.2, -0.15) is 0 Å². The van der Waals surface area contributed by atoms with Crippen molar-refractivity contribution in [3.8, 4) is 0 Å². The molecule has 0 amide bonds. The minimum Gasteiger partial charge on any atom is -0.369 e. The van der Waals surface area contributed by atoms with Crippen LogP contribution in [0.15, 0.2) is 24.3 Å². The predicted octanol–water partition coefficient (Wildman–Crippen LogP) is 1.53. The molecule has 2 aliphatic rings. The van der Waals surface area contributed by atoms with Gasteiger partial charge in [0.1, 0.15) is 0 Å². The SMILES string of the molecule is CN1CCN(c2ccc(CNCC3CCCNC3)cc2)CC1. The summed E-state index contributed by atoms with van der Waals surface area (Å²) in [5.41, 5.74) is 2.76. The van der Waals surface area contributed by atoms with E-state index in [0.29, 0.717) is 0 Å². The number of likely N-dealkylation sites (N-methyl/N-ethyl adjacent to an activating group) is 1. The van der Waals surface area contributed by atoms with Gasteiger partial charge in [0.2, 0.25) is 0 Å². The molecule has 0 bridgehead atoms. The Morgan fingerprint density at radius 3 is 2.59 bits per heavy atom. The number of anilines is 1. The van der Waals surface area contributed by atoms with Crippen LogP contribution in [-0.2, 0) is 6.54 Å². The van der Waals surface area contributed by atoms with E-state index in [9.17, 15) is 0 Å². The number of nitrogens with one attached hydrogen (secondary N) is 2. The molecule has 2 N–H and O–H groups in total. The number of piperidine rings is 1. The molecular weight excluding hydrogens is 272 g/mol. The predicted molar refractivity (Wildman–Crippen MR) is 93.5 cm³/mol. The monoisotopic (exact) mass is 302 g/mol. The summed E-state index contributed by atoms with van der Waals surface area (Å²) < 4.78 is 0. The van der Waals surface area contributed by atoms with E-state index < -0.39 is 0 Å². The molecular formula is C18H30N4. The molecule has 4 heteroatoms. The maximum atomic E-state index is 3.62. The van der Waals surface area contributed by atoms with E-state index in [1.807, 2.05) is 0 Å². The average molecular weight is 302 g/mol. The number of benzene rings is 1. The minimum absolute atomic E-state index is 0.804. The second-order valence-electron chi connectivity index (χ2n) is 6.80. The normalized spacial score (nSPS) is 23.7. The second kappa shape index (κ2) is 7.95. The van der Waals surface area contributed by atoms with Gasteiger partial charge in [-0.3, -0.25) is 0 Å². The third-order valence-corrected chi connectivity index (χ3v) is 4.97. The lowest BCUT2D eigenvalue weighted by Gasteiger charge is -2.34. The third-order valence-electron chi connectivity index (χ3n) is 4.97. The molecule has 0 saturated carbocycles. The number of rotatable bonds is 5. The Labute approximate surface area is 134 Å². The molecule has 2 aliphatic heterocycles. The molecule has 1 aromatic carbocycles. The van der Waals surface area contributed by atoms with Gasteiger partial charge in [0, 0.05) is 38.4 Å². The fraction of sp³-hybridized carbons (Fsp3) is 0.667. The van der Waals surface area contributed by atoms with E-state index in [-0.39, 0.29) is 0 Å². The van der Waals surface area contributed by atoms with Gasteiger partial charge in [0.25, 0.3) is 0 Å². The summed E-state index contributed by atoms with van der Waals surface area (Å²) >= 11 is 0. The second-order valence-corrected chi connectivity index (χ2v) is 6.80. The Bertz CT molecular complexity index is 431. The van der Waals surface area contributed by atoms with Crippen LogP contribution in [-0.4, -0.2) is 57.8 Å². The van der Waals surface area contributed by atoms with E-state index in [1.54, 1.807) is 0 Å². The van der Waals surface area contributed by atoms with Gasteiger partial charge >= 0.3 is 0 Å². The van der Waals surface area contributed by atoms with Gasteiger partial charge in [0.15, 0.2) is 0 Å². The van der Waals surface area contributed by atoms with E-state index in [4.69, 9.17) is 0 Å². The van der Waals surface area contributed by atoms with Gasteiger partial charge in [-0.25, -0.2) is 0 Å². The summed E-state index contributed by atoms with van der Waals surface area (Å²) in [6, 6.07) is 9.12. The van der Waals surface area contributed by atoms with Crippen molar-refractivity contribution < 1.29 is 0 Å². The zero-order valence-electron chi connectivity index (χ0n) is 13.9. The van der Waals surface area contributed by atoms with Crippen molar-refractivity contribution in [1.82, 2.24) is 15.5 Å². The first-order chi connectivity index (χ1) is 10.8. The molecule has 2 heterocycles. The largest absolute Gasteiger partial charge is 0.369 e. The molecule has 2 fully saturated rings. The first kappa shape index (κ1) is 15.8. The molecule has 0 aliphatic carbocycles. The molecule has 0 radical (unpaired) electrons. The van der Waals surface area contributed by atoms with Crippen LogP contribution in [0.2, 0.25) is 0 Å². The smallest absolute Gasteiger partial charge is 0.0367 e. The zero-order chi connectivity index (χ0) is 15.2. The molecule has 122 valence electrons. The standard InChI is InChI=1S/C18H30N4/c1-21-9-11-22(12-10-21)18-6-4-16(5-7-18)13-20-15-17-3-2-8-19-14-17/h4-7,17,19-20H,2-3,8-15H2,1H3. The number of nitrogens with zero attached hydrogens (tertiary/aromatic N) is 2. The number of hydrogen-bond acceptors (Lipinski definition) is 4. The molecule has 4 nitrogen and oxygen atoms in total. The Morgan fingerprint density at radius 2 is 1.91 bits per heavy atom. The lowest BCUT2D eigenvalue weighted by Crippen LogP contribution is -2.44. The van der Waals surface area contributed by atoms with Crippen molar-refractivity contribution in [2.75, 3.05) is 57.8 Å². The lowest BCUT2D eigenvalue weighted by molar-refractivity contribution is 0.313. The Kier molecular flexibility index (Phi) is 5.70. The van der Waals surface area contributed by atoms with Crippen LogP contribution in [0.5, 0.6) is 0 Å². The third kappa shape index (κ3) is 4.45. The molecule has 0 spiro atoms. The quantitative estimate of drug-likeness (QED) is 0.863. The molecule has 1 aromatic rings. The number of piperazine rings is 1. The van der Waals surface area contributed by atoms with Crippen LogP contribution < -0.4 is 15.5 Å². The fourth-order valence-electron chi connectivity index (χ4n) is 3.41. The van der Waals surface area contributed by atoms with Crippen molar-refractivity contribution in [3.63, 3.8) is 0 Å². The van der Waals surface area contributed by atoms with Crippen molar-refractivity contribution in [2.45, 2.75) is 19.4 Å². The van der Waals surface area contributed by atoms with E-state index in [0.717, 1.165) is 32.1 Å². The van der Waals surface area contributed by atoms with Crippen molar-refractivity contribution in [3.05, 3.63) is 29.8 Å². The molecule has 22 heavy (non-hydrogen) atoms. The van der Waals surface area contributed by atoms with Crippen LogP contribution in [0.25, 0.3) is 0 Å². The average Bonchev–Trinajstić information content (AvgIpc) is 2.57. The summed E-state index contributed by atoms with van der Waals surface area (Å²) in [4.78, 5) is 4.89. The Hall–Kier alpha value is -1.10. The topological polar surface area (TPSA) is 30.5 Å². The first-order valence-corrected chi connectivity index (χ1v) is 8.75. The Balaban J connectivity index is 1.43. The number of hydrogen-bond donors (Lipinski definition) is 2. The molecule has 2 saturated heterocycles. The maximum absolute atomic E-state index is 3.62. The highest BCUT2D eigenvalue weighted by Crippen LogP contribution is 2.17. The van der Waals surface area contributed by atoms with Crippen LogP contribution in [0.1, 0.15) is 18.4 Å². The Morgan fingerprint density at radius 1 is 1.14 bits per heavy atom. The maximum Gasteiger partial charge on any atom is 0.0367 e. The highest BCUT2D eigenvalue weighted by Gasteiger charge is 2.14. The van der Waals surface area contributed by atoms with E-state index in [2.05, 4.69) is 51.7 Å². The summed E-state index contributed by atoms with van der Waals surface area (Å²) in [5.74, 6) is 0.804. The summed E-state index contributed by atoms with van der Waals surface area (Å²) in [6.07, 6.45) is 2.69. The van der Waals surface area contributed by atoms with Crippen molar-refractivity contribution >= 4 is 5.69 Å². The molecule has 1 atom stereocenters. The fourth-order valence-corrected chi connectivity index (χ4v) is 3.41. The van der Waals surface area contributed by atoms with Crippen LogP contribution in [0.3, 0.4) is 0 Å².